The average molecular weight is 974 g/mol. The molecule has 2 amide bonds. The third kappa shape index (κ3) is 19.1. The maximum Gasteiger partial charge on any atom is 0.488 e. The largest absolute Gasteiger partial charge is 0.497 e. The molecule has 2 fully saturated rings. The summed E-state index contributed by atoms with van der Waals surface area (Å²) in [4.78, 5) is 45.1. The number of likely N-dealkylation sites (tertiary alicyclic amines) is 2. The molecule has 2 aliphatic rings. The number of hydrogen-bond acceptors (Lipinski definition) is 10. The molecule has 2 saturated heterocycles. The summed E-state index contributed by atoms with van der Waals surface area (Å²) >= 11 is 3.44. The normalized spacial score (nSPS) is 12.4. The van der Waals surface area contributed by atoms with Crippen LogP contribution >= 0.6 is 15.9 Å². The Morgan fingerprint density at radius 3 is 1.54 bits per heavy atom. The van der Waals surface area contributed by atoms with E-state index in [-0.39, 0.29) is 32.2 Å². The van der Waals surface area contributed by atoms with Crippen molar-refractivity contribution in [1.82, 2.24) is 9.80 Å². The van der Waals surface area contributed by atoms with Gasteiger partial charge in [-0.25, -0.2) is 0 Å². The standard InChI is InChI=1S/C19H21NO3.C12H14BrNO2.C7H9BO3.2C2H4O2.Pd/c1-22-16-6-3-5-15(12-16)17-11-14(8-9-18(17)23-2)13-20-10-4-7-19(20)21;1-16-11-5-4-9(7-10(11)13)8-14-6-2-3-12(14)15;1-11-7-4-2-3-6(5-7)8(9)10;2*1-2(3)4;/h3,5-6,8-9,11-12H,4,7,10,13H2,1-2H3;4-5,7H,2-3,6,8H2,1H3;2-5,9-10H,1H3;2*1H3,(H,3,4);. The van der Waals surface area contributed by atoms with Crippen LogP contribution in [0.4, 0.5) is 0 Å². The Bertz CT molecular complexity index is 1930. The van der Waals surface area contributed by atoms with Crippen LogP contribution in [0.1, 0.15) is 50.7 Å². The second-order valence-corrected chi connectivity index (χ2v) is 13.6. The molecule has 2 heterocycles. The molecule has 14 nitrogen and oxygen atoms in total. The minimum atomic E-state index is -1.43. The van der Waals surface area contributed by atoms with Crippen LogP contribution in [0.5, 0.6) is 23.0 Å². The maximum absolute atomic E-state index is 11.8. The van der Waals surface area contributed by atoms with Gasteiger partial charge in [0.1, 0.15) is 23.0 Å². The molecule has 0 spiro atoms. The zero-order valence-electron chi connectivity index (χ0n) is 34.0. The summed E-state index contributed by atoms with van der Waals surface area (Å²) in [7, 11) is 5.08. The van der Waals surface area contributed by atoms with E-state index >= 15 is 0 Å². The number of halogens is 1. The van der Waals surface area contributed by atoms with Crippen LogP contribution in [-0.2, 0) is 52.7 Å². The number of carboxylic acid groups (broad SMARTS) is 2. The Hall–Kier alpha value is -4.91. The fourth-order valence-electron chi connectivity index (χ4n) is 5.66. The SMILES string of the molecule is CC(=O)O.CC(=O)O.COc1ccc(CN2CCCC2=O)cc1Br.COc1cccc(-c2cc(CN3CCCC3=O)ccc2OC)c1.COc1cccc(B(O)O)c1.[Pd]. The zero-order chi connectivity index (χ0) is 43.2. The number of hydrogen-bond donors (Lipinski definition) is 4. The van der Waals surface area contributed by atoms with Gasteiger partial charge in [0.05, 0.1) is 32.9 Å². The molecule has 0 aliphatic carbocycles. The van der Waals surface area contributed by atoms with Crippen molar-refractivity contribution >= 4 is 52.3 Å². The van der Waals surface area contributed by atoms with E-state index in [1.54, 1.807) is 45.6 Å². The van der Waals surface area contributed by atoms with Crippen molar-refractivity contribution in [3.63, 3.8) is 0 Å². The second kappa shape index (κ2) is 27.7. The summed E-state index contributed by atoms with van der Waals surface area (Å²) < 4.78 is 21.8. The number of carbonyl (C=O) groups excluding carboxylic acids is 2. The summed E-state index contributed by atoms with van der Waals surface area (Å²) in [6.07, 6.45) is 3.30. The molecule has 0 unspecified atom stereocenters. The number of ether oxygens (including phenoxy) is 4. The van der Waals surface area contributed by atoms with Crippen LogP contribution in [0.3, 0.4) is 0 Å². The molecule has 4 aromatic carbocycles. The van der Waals surface area contributed by atoms with E-state index in [4.69, 9.17) is 48.8 Å². The summed E-state index contributed by atoms with van der Waals surface area (Å²) in [5.41, 5.74) is 4.72. The van der Waals surface area contributed by atoms with Gasteiger partial charge in [0.15, 0.2) is 0 Å². The van der Waals surface area contributed by atoms with Gasteiger partial charge in [-0.05, 0) is 99.5 Å². The molecule has 6 rings (SSSR count). The minimum Gasteiger partial charge on any atom is -0.497 e. The predicted molar refractivity (Wildman–Crippen MR) is 224 cm³/mol. The number of benzene rings is 4. The number of carbonyl (C=O) groups is 4. The number of carboxylic acids is 2. The molecule has 0 atom stereocenters. The van der Waals surface area contributed by atoms with Gasteiger partial charge in [-0.2, -0.15) is 0 Å². The van der Waals surface area contributed by atoms with Gasteiger partial charge in [-0.1, -0.05) is 36.4 Å². The number of amides is 2. The molecular weight excluding hydrogens is 922 g/mol. The van der Waals surface area contributed by atoms with Crippen molar-refractivity contribution in [2.45, 2.75) is 52.6 Å². The Morgan fingerprint density at radius 2 is 1.12 bits per heavy atom. The molecular formula is C42H52BBrN2O12Pd. The quantitative estimate of drug-likeness (QED) is 0.144. The van der Waals surface area contributed by atoms with Gasteiger partial charge < -0.3 is 49.0 Å². The fourth-order valence-corrected chi connectivity index (χ4v) is 6.25. The first kappa shape index (κ1) is 52.1. The average Bonchev–Trinajstić information content (AvgIpc) is 3.80. The number of aliphatic carboxylic acids is 2. The molecule has 17 heteroatoms. The molecule has 59 heavy (non-hydrogen) atoms. The third-order valence-corrected chi connectivity index (χ3v) is 8.96. The van der Waals surface area contributed by atoms with E-state index < -0.39 is 19.1 Å². The van der Waals surface area contributed by atoms with E-state index in [0.29, 0.717) is 37.1 Å². The number of rotatable bonds is 10. The molecule has 4 N–H and O–H groups in total. The Labute approximate surface area is 368 Å². The van der Waals surface area contributed by atoms with Crippen LogP contribution in [-0.4, -0.2) is 102 Å². The topological polar surface area (TPSA) is 193 Å². The predicted octanol–water partition coefficient (Wildman–Crippen LogP) is 5.63. The van der Waals surface area contributed by atoms with Crippen LogP contribution < -0.4 is 24.4 Å². The summed E-state index contributed by atoms with van der Waals surface area (Å²) in [6, 6.07) is 26.5. The van der Waals surface area contributed by atoms with Crippen molar-refractivity contribution in [1.29, 1.82) is 0 Å². The van der Waals surface area contributed by atoms with Crippen molar-refractivity contribution in [3.8, 4) is 34.1 Å². The van der Waals surface area contributed by atoms with E-state index in [1.807, 2.05) is 64.4 Å². The first-order valence-electron chi connectivity index (χ1n) is 18.2. The maximum atomic E-state index is 11.8. The van der Waals surface area contributed by atoms with Crippen molar-refractivity contribution < 1.29 is 78.8 Å². The first-order valence-corrected chi connectivity index (χ1v) is 19.0. The third-order valence-electron chi connectivity index (χ3n) is 8.34. The molecule has 0 radical (unpaired) electrons. The van der Waals surface area contributed by atoms with Crippen molar-refractivity contribution in [2.24, 2.45) is 0 Å². The molecule has 0 saturated carbocycles. The van der Waals surface area contributed by atoms with E-state index in [9.17, 15) is 9.59 Å². The van der Waals surface area contributed by atoms with E-state index in [0.717, 1.165) is 83.8 Å². The van der Waals surface area contributed by atoms with Crippen LogP contribution in [0.2, 0.25) is 0 Å². The molecule has 322 valence electrons. The van der Waals surface area contributed by atoms with Crippen LogP contribution in [0.15, 0.2) is 89.4 Å². The summed E-state index contributed by atoms with van der Waals surface area (Å²) in [5.74, 6) is 1.89. The molecule has 4 aromatic rings. The van der Waals surface area contributed by atoms with Gasteiger partial charge in [0, 0.05) is 78.9 Å². The Balaban J connectivity index is 0.000000421. The fraction of sp³-hybridized carbons (Fsp3) is 0.333. The van der Waals surface area contributed by atoms with Gasteiger partial charge >= 0.3 is 7.12 Å². The smallest absolute Gasteiger partial charge is 0.488 e. The van der Waals surface area contributed by atoms with Crippen molar-refractivity contribution in [2.75, 3.05) is 41.5 Å². The Morgan fingerprint density at radius 1 is 0.661 bits per heavy atom. The molecule has 0 bridgehead atoms. The molecule has 0 aromatic heterocycles. The van der Waals surface area contributed by atoms with Crippen LogP contribution in [0.25, 0.3) is 11.1 Å². The molecule has 2 aliphatic heterocycles. The number of methoxy groups -OCH3 is 4. The van der Waals surface area contributed by atoms with Gasteiger partial charge in [-0.15, -0.1) is 0 Å². The minimum absolute atomic E-state index is 0. The number of nitrogens with zero attached hydrogens (tertiary/aromatic N) is 2. The van der Waals surface area contributed by atoms with Gasteiger partial charge in [0.25, 0.3) is 11.9 Å². The van der Waals surface area contributed by atoms with E-state index in [2.05, 4.69) is 22.0 Å². The van der Waals surface area contributed by atoms with Gasteiger partial charge in [-0.3, -0.25) is 19.2 Å². The van der Waals surface area contributed by atoms with E-state index in [1.165, 1.54) is 7.11 Å². The van der Waals surface area contributed by atoms with Crippen LogP contribution in [0, 0.1) is 0 Å². The summed E-state index contributed by atoms with van der Waals surface area (Å²) in [6.45, 7) is 5.24. The zero-order valence-corrected chi connectivity index (χ0v) is 37.1. The first-order chi connectivity index (χ1) is 27.6. The summed E-state index contributed by atoms with van der Waals surface area (Å²) in [5, 5.41) is 32.3. The van der Waals surface area contributed by atoms with Crippen molar-refractivity contribution in [3.05, 3.63) is 101 Å². The second-order valence-electron chi connectivity index (χ2n) is 12.8. The monoisotopic (exact) mass is 972 g/mol. The Kier molecular flexibility index (Phi) is 24.5. The van der Waals surface area contributed by atoms with Gasteiger partial charge in [0.2, 0.25) is 11.8 Å².